The number of aromatic nitrogens is 4. The summed E-state index contributed by atoms with van der Waals surface area (Å²) in [6.45, 7) is 2.83. The lowest BCUT2D eigenvalue weighted by Gasteiger charge is -2.31. The van der Waals surface area contributed by atoms with E-state index in [0.29, 0.717) is 48.8 Å². The molecule has 10 nitrogen and oxygen atoms in total. The van der Waals surface area contributed by atoms with Gasteiger partial charge in [-0.25, -0.2) is 9.07 Å². The highest BCUT2D eigenvalue weighted by Crippen LogP contribution is 2.29. The van der Waals surface area contributed by atoms with Gasteiger partial charge in [0, 0.05) is 38.5 Å². The molecule has 2 aliphatic heterocycles. The van der Waals surface area contributed by atoms with E-state index < -0.39 is 23.8 Å². The van der Waals surface area contributed by atoms with E-state index in [1.165, 1.54) is 11.8 Å². The smallest absolute Gasteiger partial charge is 0.406 e. The monoisotopic (exact) mass is 519 g/mol. The Morgan fingerprint density at radius 2 is 2.00 bits per heavy atom. The number of rotatable bonds is 5. The molecular formula is C23H21F4N7O3. The second-order valence-electron chi connectivity index (χ2n) is 8.64. The van der Waals surface area contributed by atoms with Gasteiger partial charge in [0.15, 0.2) is 0 Å². The average molecular weight is 519 g/mol. The summed E-state index contributed by atoms with van der Waals surface area (Å²) in [5.41, 5.74) is 1.52. The van der Waals surface area contributed by atoms with E-state index in [9.17, 15) is 27.2 Å². The predicted octanol–water partition coefficient (Wildman–Crippen LogP) is 2.89. The summed E-state index contributed by atoms with van der Waals surface area (Å²) in [4.78, 5) is 36.7. The largest absolute Gasteiger partial charge is 0.573 e. The lowest BCUT2D eigenvalue weighted by molar-refractivity contribution is -0.274. The molecular weight excluding hydrogens is 498 g/mol. The molecule has 2 aliphatic rings. The summed E-state index contributed by atoms with van der Waals surface area (Å²) < 4.78 is 57.6. The summed E-state index contributed by atoms with van der Waals surface area (Å²) >= 11 is 0. The average Bonchev–Trinajstić information content (AvgIpc) is 3.22. The van der Waals surface area contributed by atoms with Gasteiger partial charge in [-0.05, 0) is 24.3 Å². The molecule has 1 N–H and O–H groups in total. The van der Waals surface area contributed by atoms with Crippen molar-refractivity contribution in [1.82, 2.24) is 24.6 Å². The quantitative estimate of drug-likeness (QED) is 0.517. The predicted molar refractivity (Wildman–Crippen MR) is 121 cm³/mol. The maximum absolute atomic E-state index is 14.4. The Bertz CT molecular complexity index is 1370. The first-order valence-corrected chi connectivity index (χ1v) is 11.3. The highest BCUT2D eigenvalue weighted by Gasteiger charge is 2.32. The third-order valence-corrected chi connectivity index (χ3v) is 6.02. The zero-order valence-corrected chi connectivity index (χ0v) is 19.5. The van der Waals surface area contributed by atoms with Crippen LogP contribution < -0.4 is 15.0 Å². The van der Waals surface area contributed by atoms with Crippen LogP contribution in [-0.4, -0.2) is 55.9 Å². The van der Waals surface area contributed by atoms with Crippen LogP contribution in [0.3, 0.4) is 0 Å². The Morgan fingerprint density at radius 3 is 2.76 bits per heavy atom. The van der Waals surface area contributed by atoms with Crippen LogP contribution in [0.4, 0.5) is 29.2 Å². The van der Waals surface area contributed by atoms with Gasteiger partial charge in [0.1, 0.15) is 17.4 Å². The molecule has 2 aromatic heterocycles. The van der Waals surface area contributed by atoms with Crippen molar-refractivity contribution in [2.45, 2.75) is 39.3 Å². The van der Waals surface area contributed by atoms with Crippen LogP contribution in [0.5, 0.6) is 5.75 Å². The lowest BCUT2D eigenvalue weighted by Crippen LogP contribution is -2.38. The fourth-order valence-electron chi connectivity index (χ4n) is 4.34. The number of carbonyl (C=O) groups is 2. The number of hydrogen-bond donors (Lipinski definition) is 1. The zero-order valence-electron chi connectivity index (χ0n) is 19.5. The number of hydrogen-bond acceptors (Lipinski definition) is 7. The molecule has 2 amide bonds. The van der Waals surface area contributed by atoms with E-state index in [0.717, 1.165) is 18.2 Å². The number of carbonyl (C=O) groups excluding carboxylic acids is 2. The number of pyridine rings is 1. The van der Waals surface area contributed by atoms with Crippen molar-refractivity contribution in [1.29, 1.82) is 0 Å². The molecule has 1 aromatic carbocycles. The summed E-state index contributed by atoms with van der Waals surface area (Å²) in [6.07, 6.45) is -2.83. The first-order valence-electron chi connectivity index (χ1n) is 11.3. The van der Waals surface area contributed by atoms with E-state index >= 15 is 0 Å². The minimum atomic E-state index is -4.91. The SMILES string of the molecule is CC(=O)Nc1nc2n(n1)CCN(c1cnc3c(c1)C(=O)N(Cc1cc(OC(F)(F)F)ccc1F)CC3)C2. The van der Waals surface area contributed by atoms with Gasteiger partial charge in [0.2, 0.25) is 11.9 Å². The molecule has 0 atom stereocenters. The molecule has 0 saturated heterocycles. The number of nitrogens with one attached hydrogen (secondary N) is 1. The Labute approximate surface area is 207 Å². The van der Waals surface area contributed by atoms with Crippen LogP contribution in [0, 0.1) is 5.82 Å². The summed E-state index contributed by atoms with van der Waals surface area (Å²) in [5, 5.41) is 6.81. The van der Waals surface area contributed by atoms with Crippen molar-refractivity contribution in [2.75, 3.05) is 23.3 Å². The number of benzene rings is 1. The molecule has 0 bridgehead atoms. The molecule has 0 unspecified atom stereocenters. The maximum Gasteiger partial charge on any atom is 0.573 e. The fraction of sp³-hybridized carbons (Fsp3) is 0.348. The number of nitrogens with zero attached hydrogens (tertiary/aromatic N) is 6. The Hall–Kier alpha value is -4.23. The van der Waals surface area contributed by atoms with E-state index in [2.05, 4.69) is 25.1 Å². The van der Waals surface area contributed by atoms with Crippen molar-refractivity contribution in [3.63, 3.8) is 0 Å². The zero-order chi connectivity index (χ0) is 26.3. The molecule has 3 aromatic rings. The number of alkyl halides is 3. The van der Waals surface area contributed by atoms with Crippen molar-refractivity contribution in [3.05, 3.63) is 58.9 Å². The summed E-state index contributed by atoms with van der Waals surface area (Å²) in [6, 6.07) is 4.41. The van der Waals surface area contributed by atoms with Crippen molar-refractivity contribution >= 4 is 23.5 Å². The first kappa shape index (κ1) is 24.5. The number of ether oxygens (including phenoxy) is 1. The van der Waals surface area contributed by atoms with E-state index in [1.54, 1.807) is 16.9 Å². The molecule has 4 heterocycles. The van der Waals surface area contributed by atoms with Crippen LogP contribution in [0.15, 0.2) is 30.5 Å². The van der Waals surface area contributed by atoms with Gasteiger partial charge in [-0.15, -0.1) is 18.3 Å². The summed E-state index contributed by atoms with van der Waals surface area (Å²) in [5.74, 6) is -1.12. The number of amides is 2. The van der Waals surface area contributed by atoms with E-state index in [4.69, 9.17) is 0 Å². The maximum atomic E-state index is 14.4. The highest BCUT2D eigenvalue weighted by atomic mass is 19.4. The number of anilines is 2. The Morgan fingerprint density at radius 1 is 1.19 bits per heavy atom. The van der Waals surface area contributed by atoms with Crippen molar-refractivity contribution in [3.8, 4) is 5.75 Å². The molecule has 5 rings (SSSR count). The Kier molecular flexibility index (Phi) is 6.17. The second kappa shape index (κ2) is 9.33. The number of halogens is 4. The second-order valence-corrected chi connectivity index (χ2v) is 8.64. The van der Waals surface area contributed by atoms with E-state index in [1.807, 2.05) is 4.90 Å². The lowest BCUT2D eigenvalue weighted by atomic mass is 10.0. The molecule has 0 aliphatic carbocycles. The standard InChI is InChI=1S/C23H21F4N7O3/c1-13(35)29-22-30-20-12-32(6-7-34(20)31-22)15-9-17-19(28-10-15)4-5-33(21(17)36)11-14-8-16(2-3-18(14)24)37-23(25,26)27/h2-3,8-10H,4-7,11-12H2,1H3,(H,29,31,35). The molecule has 0 fully saturated rings. The highest BCUT2D eigenvalue weighted by molar-refractivity contribution is 5.97. The van der Waals surface area contributed by atoms with Gasteiger partial charge in [0.05, 0.1) is 36.2 Å². The van der Waals surface area contributed by atoms with Crippen LogP contribution in [0.1, 0.15) is 34.4 Å². The van der Waals surface area contributed by atoms with Crippen LogP contribution >= 0.6 is 0 Å². The van der Waals surface area contributed by atoms with Gasteiger partial charge in [-0.3, -0.25) is 19.9 Å². The Balaban J connectivity index is 1.33. The van der Waals surface area contributed by atoms with Crippen molar-refractivity contribution in [2.24, 2.45) is 0 Å². The summed E-state index contributed by atoms with van der Waals surface area (Å²) in [7, 11) is 0. The van der Waals surface area contributed by atoms with Crippen LogP contribution in [0.2, 0.25) is 0 Å². The van der Waals surface area contributed by atoms with Crippen LogP contribution in [-0.2, 0) is 30.8 Å². The normalized spacial score (nSPS) is 15.3. The van der Waals surface area contributed by atoms with Crippen LogP contribution in [0.25, 0.3) is 0 Å². The van der Waals surface area contributed by atoms with Gasteiger partial charge < -0.3 is 14.5 Å². The van der Waals surface area contributed by atoms with E-state index in [-0.39, 0.29) is 30.5 Å². The van der Waals surface area contributed by atoms with Gasteiger partial charge >= 0.3 is 6.36 Å². The fourth-order valence-corrected chi connectivity index (χ4v) is 4.34. The molecule has 0 saturated carbocycles. The minimum Gasteiger partial charge on any atom is -0.406 e. The minimum absolute atomic E-state index is 0.0898. The van der Waals surface area contributed by atoms with Crippen molar-refractivity contribution < 1.29 is 31.9 Å². The molecule has 0 spiro atoms. The van der Waals surface area contributed by atoms with Gasteiger partial charge in [0.25, 0.3) is 5.91 Å². The molecule has 194 valence electrons. The number of fused-ring (bicyclic) bond motifs is 2. The van der Waals surface area contributed by atoms with Gasteiger partial charge in [-0.1, -0.05) is 0 Å². The van der Waals surface area contributed by atoms with Gasteiger partial charge in [-0.2, -0.15) is 4.98 Å². The molecule has 37 heavy (non-hydrogen) atoms. The first-order chi connectivity index (χ1) is 17.6. The topological polar surface area (TPSA) is 105 Å². The molecule has 0 radical (unpaired) electrons. The third-order valence-electron chi connectivity index (χ3n) is 6.02. The third kappa shape index (κ3) is 5.32. The molecule has 14 heteroatoms.